The van der Waals surface area contributed by atoms with E-state index in [2.05, 4.69) is 21.2 Å². The molecule has 1 amide bonds. The lowest BCUT2D eigenvalue weighted by atomic mass is 9.95. The van der Waals surface area contributed by atoms with E-state index in [1.165, 1.54) is 19.3 Å². The van der Waals surface area contributed by atoms with Crippen LogP contribution < -0.4 is 10.1 Å². The van der Waals surface area contributed by atoms with E-state index in [-0.39, 0.29) is 5.91 Å². The molecule has 1 fully saturated rings. The van der Waals surface area contributed by atoms with Crippen LogP contribution in [-0.4, -0.2) is 19.1 Å². The van der Waals surface area contributed by atoms with Gasteiger partial charge in [-0.25, -0.2) is 0 Å². The van der Waals surface area contributed by atoms with Gasteiger partial charge in [0.25, 0.3) is 0 Å². The lowest BCUT2D eigenvalue weighted by Crippen LogP contribution is -2.37. The number of halogens is 1. The molecule has 1 aromatic rings. The maximum Gasteiger partial charge on any atom is 0.224 e. The summed E-state index contributed by atoms with van der Waals surface area (Å²) >= 11 is 3.43. The smallest absolute Gasteiger partial charge is 0.224 e. The van der Waals surface area contributed by atoms with Gasteiger partial charge in [-0.1, -0.05) is 35.2 Å². The van der Waals surface area contributed by atoms with Crippen molar-refractivity contribution in [2.45, 2.75) is 44.6 Å². The Morgan fingerprint density at radius 2 is 2.11 bits per heavy atom. The molecule has 0 heterocycles. The predicted octanol–water partition coefficient (Wildman–Crippen LogP) is 3.45. The van der Waals surface area contributed by atoms with E-state index >= 15 is 0 Å². The molecule has 1 aliphatic carbocycles. The Morgan fingerprint density at radius 3 is 2.79 bits per heavy atom. The van der Waals surface area contributed by atoms with Gasteiger partial charge in [-0.05, 0) is 31.0 Å². The van der Waals surface area contributed by atoms with E-state index in [1.54, 1.807) is 7.11 Å². The van der Waals surface area contributed by atoms with Gasteiger partial charge in [-0.2, -0.15) is 0 Å². The van der Waals surface area contributed by atoms with Crippen molar-refractivity contribution in [1.29, 1.82) is 0 Å². The van der Waals surface area contributed by atoms with Crippen molar-refractivity contribution < 1.29 is 9.53 Å². The van der Waals surface area contributed by atoms with Crippen molar-refractivity contribution in [3.8, 4) is 5.75 Å². The summed E-state index contributed by atoms with van der Waals surface area (Å²) in [6.07, 6.45) is 6.35. The minimum Gasteiger partial charge on any atom is -0.496 e. The highest BCUT2D eigenvalue weighted by Gasteiger charge is 2.16. The maximum atomic E-state index is 12.1. The third kappa shape index (κ3) is 4.23. The van der Waals surface area contributed by atoms with Gasteiger partial charge in [-0.15, -0.1) is 0 Å². The molecule has 19 heavy (non-hydrogen) atoms. The second-order valence-corrected chi connectivity index (χ2v) is 5.95. The Bertz CT molecular complexity index is 442. The number of hydrogen-bond acceptors (Lipinski definition) is 2. The third-order valence-corrected chi connectivity index (χ3v) is 4.06. The standard InChI is InChI=1S/C15H20BrNO2/c1-19-14-8-7-12(16)9-11(14)10-15(18)17-13-5-3-2-4-6-13/h7-9,13H,2-6,10H2,1H3,(H,17,18). The van der Waals surface area contributed by atoms with Crippen molar-refractivity contribution in [1.82, 2.24) is 5.32 Å². The molecule has 0 radical (unpaired) electrons. The van der Waals surface area contributed by atoms with Crippen LogP contribution in [0.4, 0.5) is 0 Å². The van der Waals surface area contributed by atoms with Gasteiger partial charge in [0.05, 0.1) is 13.5 Å². The van der Waals surface area contributed by atoms with Gasteiger partial charge >= 0.3 is 0 Å². The van der Waals surface area contributed by atoms with Crippen molar-refractivity contribution in [2.24, 2.45) is 0 Å². The Labute approximate surface area is 122 Å². The number of carbonyl (C=O) groups is 1. The molecule has 0 aromatic heterocycles. The average Bonchev–Trinajstić information content (AvgIpc) is 2.40. The minimum atomic E-state index is 0.0864. The molecule has 3 nitrogen and oxygen atoms in total. The topological polar surface area (TPSA) is 38.3 Å². The summed E-state index contributed by atoms with van der Waals surface area (Å²) in [6, 6.07) is 6.10. The number of carbonyl (C=O) groups excluding carboxylic acids is 1. The molecule has 1 N–H and O–H groups in total. The van der Waals surface area contributed by atoms with Crippen LogP contribution >= 0.6 is 15.9 Å². The zero-order valence-corrected chi connectivity index (χ0v) is 12.8. The van der Waals surface area contributed by atoms with E-state index < -0.39 is 0 Å². The van der Waals surface area contributed by atoms with E-state index in [9.17, 15) is 4.79 Å². The number of rotatable bonds is 4. The van der Waals surface area contributed by atoms with Crippen molar-refractivity contribution in [3.05, 3.63) is 28.2 Å². The molecule has 104 valence electrons. The maximum absolute atomic E-state index is 12.1. The molecule has 2 rings (SSSR count). The first-order valence-corrected chi connectivity index (χ1v) is 7.60. The van der Waals surface area contributed by atoms with Gasteiger partial charge in [-0.3, -0.25) is 4.79 Å². The van der Waals surface area contributed by atoms with Crippen LogP contribution in [0.3, 0.4) is 0 Å². The number of amides is 1. The number of benzene rings is 1. The highest BCUT2D eigenvalue weighted by molar-refractivity contribution is 9.10. The molecule has 4 heteroatoms. The number of ether oxygens (including phenoxy) is 1. The van der Waals surface area contributed by atoms with Crippen molar-refractivity contribution >= 4 is 21.8 Å². The Kier molecular flexibility index (Phi) is 5.25. The molecule has 0 unspecified atom stereocenters. The molecular formula is C15H20BrNO2. The molecule has 1 aromatic carbocycles. The number of nitrogens with one attached hydrogen (secondary N) is 1. The lowest BCUT2D eigenvalue weighted by Gasteiger charge is -2.23. The summed E-state index contributed by atoms with van der Waals surface area (Å²) in [6.45, 7) is 0. The quantitative estimate of drug-likeness (QED) is 0.920. The summed E-state index contributed by atoms with van der Waals surface area (Å²) in [7, 11) is 1.63. The normalized spacial score (nSPS) is 16.1. The van der Waals surface area contributed by atoms with Crippen LogP contribution in [0.2, 0.25) is 0 Å². The highest BCUT2D eigenvalue weighted by Crippen LogP contribution is 2.24. The average molecular weight is 326 g/mol. The molecule has 0 bridgehead atoms. The lowest BCUT2D eigenvalue weighted by molar-refractivity contribution is -0.121. The van der Waals surface area contributed by atoms with Crippen molar-refractivity contribution in [2.75, 3.05) is 7.11 Å². The number of hydrogen-bond donors (Lipinski definition) is 1. The highest BCUT2D eigenvalue weighted by atomic mass is 79.9. The summed E-state index contributed by atoms with van der Waals surface area (Å²) in [4.78, 5) is 12.1. The fraction of sp³-hybridized carbons (Fsp3) is 0.533. The second kappa shape index (κ2) is 6.94. The van der Waals surface area contributed by atoms with Crippen LogP contribution in [0.1, 0.15) is 37.7 Å². The summed E-state index contributed by atoms with van der Waals surface area (Å²) in [5, 5.41) is 3.13. The van der Waals surface area contributed by atoms with Gasteiger partial charge in [0, 0.05) is 16.1 Å². The molecule has 0 atom stereocenters. The predicted molar refractivity (Wildman–Crippen MR) is 79.4 cm³/mol. The van der Waals surface area contributed by atoms with E-state index in [4.69, 9.17) is 4.74 Å². The minimum absolute atomic E-state index is 0.0864. The first kappa shape index (κ1) is 14.4. The Balaban J connectivity index is 1.95. The van der Waals surface area contributed by atoms with Gasteiger partial charge in [0.1, 0.15) is 5.75 Å². The summed E-state index contributed by atoms with van der Waals surface area (Å²) in [5.74, 6) is 0.852. The van der Waals surface area contributed by atoms with Crippen LogP contribution in [0.5, 0.6) is 5.75 Å². The van der Waals surface area contributed by atoms with Crippen LogP contribution in [0, 0.1) is 0 Å². The van der Waals surface area contributed by atoms with E-state index in [0.717, 1.165) is 28.6 Å². The summed E-state index contributed by atoms with van der Waals surface area (Å²) in [5.41, 5.74) is 0.921. The Morgan fingerprint density at radius 1 is 1.37 bits per heavy atom. The molecule has 0 saturated heterocycles. The fourth-order valence-corrected chi connectivity index (χ4v) is 2.99. The third-order valence-electron chi connectivity index (χ3n) is 3.56. The van der Waals surface area contributed by atoms with E-state index in [0.29, 0.717) is 12.5 Å². The van der Waals surface area contributed by atoms with E-state index in [1.807, 2.05) is 18.2 Å². The first-order valence-electron chi connectivity index (χ1n) is 6.81. The molecule has 1 aliphatic rings. The monoisotopic (exact) mass is 325 g/mol. The van der Waals surface area contributed by atoms with Crippen molar-refractivity contribution in [3.63, 3.8) is 0 Å². The second-order valence-electron chi connectivity index (χ2n) is 5.04. The van der Waals surface area contributed by atoms with Gasteiger partial charge < -0.3 is 10.1 Å². The molecule has 0 aliphatic heterocycles. The van der Waals surface area contributed by atoms with Gasteiger partial charge in [0.15, 0.2) is 0 Å². The zero-order valence-electron chi connectivity index (χ0n) is 11.2. The largest absolute Gasteiger partial charge is 0.496 e. The molecular weight excluding hydrogens is 306 g/mol. The first-order chi connectivity index (χ1) is 9.19. The SMILES string of the molecule is COc1ccc(Br)cc1CC(=O)NC1CCCCC1. The fourth-order valence-electron chi connectivity index (χ4n) is 2.58. The molecule has 0 spiro atoms. The molecule has 1 saturated carbocycles. The number of methoxy groups -OCH3 is 1. The van der Waals surface area contributed by atoms with Crippen LogP contribution in [0.25, 0.3) is 0 Å². The van der Waals surface area contributed by atoms with Crippen LogP contribution in [-0.2, 0) is 11.2 Å². The summed E-state index contributed by atoms with van der Waals surface area (Å²) < 4.78 is 6.26. The zero-order chi connectivity index (χ0) is 13.7. The van der Waals surface area contributed by atoms with Gasteiger partial charge in [0.2, 0.25) is 5.91 Å². The van der Waals surface area contributed by atoms with Crippen LogP contribution in [0.15, 0.2) is 22.7 Å². The Hall–Kier alpha value is -1.03.